The number of rotatable bonds is 0. The Morgan fingerprint density at radius 3 is 2.93 bits per heavy atom. The van der Waals surface area contributed by atoms with Crippen LogP contribution < -0.4 is 5.32 Å². The molecule has 0 bridgehead atoms. The third-order valence-electron chi connectivity index (χ3n) is 3.88. The van der Waals surface area contributed by atoms with E-state index in [1.54, 1.807) is 5.56 Å². The Hall–Kier alpha value is -0.830. The Bertz CT molecular complexity index is 347. The van der Waals surface area contributed by atoms with Gasteiger partial charge in [0.25, 0.3) is 0 Å². The molecule has 14 heavy (non-hydrogen) atoms. The standard InChI is InChI=1S/C11H17N3/c1-14-8-9-10(13-14)2-3-11(9)4-6-12-7-5-11/h8,12H,2-7H2,1H3. The highest BCUT2D eigenvalue weighted by molar-refractivity contribution is 5.34. The summed E-state index contributed by atoms with van der Waals surface area (Å²) in [7, 11) is 2.03. The summed E-state index contributed by atoms with van der Waals surface area (Å²) >= 11 is 0. The van der Waals surface area contributed by atoms with Gasteiger partial charge in [-0.2, -0.15) is 5.10 Å². The number of hydrogen-bond acceptors (Lipinski definition) is 2. The fourth-order valence-corrected chi connectivity index (χ4v) is 3.08. The first-order valence-corrected chi connectivity index (χ1v) is 5.54. The maximum atomic E-state index is 4.54. The van der Waals surface area contributed by atoms with Gasteiger partial charge in [-0.05, 0) is 44.3 Å². The number of nitrogens with zero attached hydrogens (tertiary/aromatic N) is 2. The van der Waals surface area contributed by atoms with Crippen molar-refractivity contribution in [3.05, 3.63) is 17.5 Å². The summed E-state index contributed by atoms with van der Waals surface area (Å²) in [5.74, 6) is 0. The molecule has 1 aromatic heterocycles. The molecule has 0 unspecified atom stereocenters. The maximum Gasteiger partial charge on any atom is 0.0662 e. The molecule has 1 aliphatic heterocycles. The molecule has 1 saturated heterocycles. The smallest absolute Gasteiger partial charge is 0.0662 e. The zero-order chi connectivity index (χ0) is 9.60. The summed E-state index contributed by atoms with van der Waals surface area (Å²) in [6.07, 6.45) is 7.36. The van der Waals surface area contributed by atoms with Gasteiger partial charge in [-0.3, -0.25) is 4.68 Å². The number of piperidine rings is 1. The van der Waals surface area contributed by atoms with Crippen molar-refractivity contribution >= 4 is 0 Å². The fourth-order valence-electron chi connectivity index (χ4n) is 3.08. The predicted octanol–water partition coefficient (Wildman–Crippen LogP) is 0.987. The van der Waals surface area contributed by atoms with E-state index in [0.29, 0.717) is 5.41 Å². The minimum absolute atomic E-state index is 0.481. The summed E-state index contributed by atoms with van der Waals surface area (Å²) in [6.45, 7) is 2.35. The Labute approximate surface area is 84.5 Å². The molecule has 2 heterocycles. The van der Waals surface area contributed by atoms with E-state index in [4.69, 9.17) is 0 Å². The van der Waals surface area contributed by atoms with Gasteiger partial charge in [-0.1, -0.05) is 0 Å². The first-order valence-electron chi connectivity index (χ1n) is 5.54. The van der Waals surface area contributed by atoms with E-state index in [1.807, 2.05) is 11.7 Å². The Morgan fingerprint density at radius 2 is 2.14 bits per heavy atom. The number of hydrogen-bond donors (Lipinski definition) is 1. The van der Waals surface area contributed by atoms with E-state index in [-0.39, 0.29) is 0 Å². The van der Waals surface area contributed by atoms with E-state index in [2.05, 4.69) is 16.6 Å². The molecule has 2 aliphatic rings. The number of nitrogens with one attached hydrogen (secondary N) is 1. The quantitative estimate of drug-likeness (QED) is 0.662. The molecule has 3 heteroatoms. The summed E-state index contributed by atoms with van der Waals surface area (Å²) in [6, 6.07) is 0. The second-order valence-corrected chi connectivity index (χ2v) is 4.69. The second-order valence-electron chi connectivity index (χ2n) is 4.69. The van der Waals surface area contributed by atoms with Crippen LogP contribution in [0.5, 0.6) is 0 Å². The van der Waals surface area contributed by atoms with Gasteiger partial charge in [-0.15, -0.1) is 0 Å². The molecule has 1 spiro atoms. The molecule has 1 aromatic rings. The van der Waals surface area contributed by atoms with Crippen LogP contribution in [0, 0.1) is 0 Å². The summed E-state index contributed by atoms with van der Waals surface area (Å²) < 4.78 is 1.98. The van der Waals surface area contributed by atoms with Gasteiger partial charge in [-0.25, -0.2) is 0 Å². The predicted molar refractivity (Wildman–Crippen MR) is 55.3 cm³/mol. The van der Waals surface area contributed by atoms with Crippen LogP contribution in [0.1, 0.15) is 30.5 Å². The van der Waals surface area contributed by atoms with Crippen LogP contribution in [0.2, 0.25) is 0 Å². The van der Waals surface area contributed by atoms with Gasteiger partial charge in [0.2, 0.25) is 0 Å². The molecule has 0 radical (unpaired) electrons. The molecule has 0 atom stereocenters. The largest absolute Gasteiger partial charge is 0.317 e. The molecule has 0 saturated carbocycles. The molecule has 3 nitrogen and oxygen atoms in total. The van der Waals surface area contributed by atoms with Crippen LogP contribution in [-0.4, -0.2) is 22.9 Å². The monoisotopic (exact) mass is 191 g/mol. The highest BCUT2D eigenvalue weighted by Crippen LogP contribution is 2.44. The lowest BCUT2D eigenvalue weighted by atomic mass is 9.75. The van der Waals surface area contributed by atoms with Crippen LogP contribution in [-0.2, 0) is 18.9 Å². The molecular weight excluding hydrogens is 174 g/mol. The average Bonchev–Trinajstić information content (AvgIpc) is 2.70. The SMILES string of the molecule is Cn1cc2c(n1)CCC21CCNCC1. The molecule has 3 rings (SSSR count). The molecule has 76 valence electrons. The number of aromatic nitrogens is 2. The Balaban J connectivity index is 2.01. The molecule has 1 aliphatic carbocycles. The average molecular weight is 191 g/mol. The van der Waals surface area contributed by atoms with Gasteiger partial charge in [0.15, 0.2) is 0 Å². The van der Waals surface area contributed by atoms with Crippen molar-refractivity contribution in [2.75, 3.05) is 13.1 Å². The molecule has 0 amide bonds. The van der Waals surface area contributed by atoms with E-state index in [0.717, 1.165) is 0 Å². The van der Waals surface area contributed by atoms with Crippen molar-refractivity contribution < 1.29 is 0 Å². The van der Waals surface area contributed by atoms with Gasteiger partial charge in [0.1, 0.15) is 0 Å². The molecule has 1 fully saturated rings. The highest BCUT2D eigenvalue weighted by Gasteiger charge is 2.41. The first-order chi connectivity index (χ1) is 6.80. The van der Waals surface area contributed by atoms with E-state index < -0.39 is 0 Å². The lowest BCUT2D eigenvalue weighted by Gasteiger charge is -2.34. The normalized spacial score (nSPS) is 24.1. The van der Waals surface area contributed by atoms with E-state index in [9.17, 15) is 0 Å². The van der Waals surface area contributed by atoms with Gasteiger partial charge in [0, 0.05) is 18.7 Å². The minimum atomic E-state index is 0.481. The number of aryl methyl sites for hydroxylation is 2. The third kappa shape index (κ3) is 1.05. The Morgan fingerprint density at radius 1 is 1.36 bits per heavy atom. The number of fused-ring (bicyclic) bond motifs is 2. The van der Waals surface area contributed by atoms with Crippen molar-refractivity contribution in [1.82, 2.24) is 15.1 Å². The maximum absolute atomic E-state index is 4.54. The minimum Gasteiger partial charge on any atom is -0.317 e. The lowest BCUT2D eigenvalue weighted by Crippen LogP contribution is -2.38. The molecule has 0 aromatic carbocycles. The third-order valence-corrected chi connectivity index (χ3v) is 3.88. The van der Waals surface area contributed by atoms with Crippen molar-refractivity contribution in [1.29, 1.82) is 0 Å². The van der Waals surface area contributed by atoms with Crippen molar-refractivity contribution in [3.8, 4) is 0 Å². The molecule has 1 N–H and O–H groups in total. The van der Waals surface area contributed by atoms with Crippen molar-refractivity contribution in [2.24, 2.45) is 7.05 Å². The summed E-state index contributed by atoms with van der Waals surface area (Å²) in [5, 5.41) is 7.98. The van der Waals surface area contributed by atoms with E-state index in [1.165, 1.54) is 44.5 Å². The van der Waals surface area contributed by atoms with Crippen molar-refractivity contribution in [2.45, 2.75) is 31.1 Å². The van der Waals surface area contributed by atoms with Crippen LogP contribution in [0.4, 0.5) is 0 Å². The topological polar surface area (TPSA) is 29.9 Å². The molecular formula is C11H17N3. The lowest BCUT2D eigenvalue weighted by molar-refractivity contribution is 0.305. The van der Waals surface area contributed by atoms with Gasteiger partial charge in [0.05, 0.1) is 5.69 Å². The van der Waals surface area contributed by atoms with Crippen LogP contribution in [0.25, 0.3) is 0 Å². The fraction of sp³-hybridized carbons (Fsp3) is 0.727. The van der Waals surface area contributed by atoms with Crippen LogP contribution >= 0.6 is 0 Å². The summed E-state index contributed by atoms with van der Waals surface area (Å²) in [5.41, 5.74) is 3.38. The Kier molecular flexibility index (Phi) is 1.71. The van der Waals surface area contributed by atoms with Crippen molar-refractivity contribution in [3.63, 3.8) is 0 Å². The zero-order valence-corrected chi connectivity index (χ0v) is 8.71. The zero-order valence-electron chi connectivity index (χ0n) is 8.71. The highest BCUT2D eigenvalue weighted by atomic mass is 15.3. The van der Waals surface area contributed by atoms with Gasteiger partial charge >= 0.3 is 0 Å². The van der Waals surface area contributed by atoms with E-state index >= 15 is 0 Å². The second kappa shape index (κ2) is 2.83. The first kappa shape index (κ1) is 8.48. The van der Waals surface area contributed by atoms with Gasteiger partial charge < -0.3 is 5.32 Å². The summed E-state index contributed by atoms with van der Waals surface area (Å²) in [4.78, 5) is 0. The van der Waals surface area contributed by atoms with Crippen LogP contribution in [0.3, 0.4) is 0 Å². The van der Waals surface area contributed by atoms with Crippen LogP contribution in [0.15, 0.2) is 6.20 Å².